The molecule has 1 unspecified atom stereocenters. The first kappa shape index (κ1) is 11.4. The number of carbonyl (C=O) groups is 1. The Morgan fingerprint density at radius 2 is 2.35 bits per heavy atom. The maximum Gasteiger partial charge on any atom is 0.371 e. The molecule has 17 heavy (non-hydrogen) atoms. The van der Waals surface area contributed by atoms with Crippen molar-refractivity contribution in [3.63, 3.8) is 0 Å². The van der Waals surface area contributed by atoms with E-state index in [9.17, 15) is 4.79 Å². The molecule has 0 bridgehead atoms. The maximum atomic E-state index is 10.6. The molecule has 0 aliphatic heterocycles. The number of aromatic carboxylic acids is 1. The van der Waals surface area contributed by atoms with E-state index in [0.717, 1.165) is 5.69 Å². The van der Waals surface area contributed by atoms with E-state index in [1.54, 1.807) is 12.1 Å². The zero-order chi connectivity index (χ0) is 12.3. The molecule has 2 aromatic rings. The van der Waals surface area contributed by atoms with Gasteiger partial charge in [0.15, 0.2) is 0 Å². The van der Waals surface area contributed by atoms with Crippen LogP contribution >= 0.6 is 0 Å². The van der Waals surface area contributed by atoms with Crippen LogP contribution in [0.3, 0.4) is 0 Å². The van der Waals surface area contributed by atoms with Crippen LogP contribution in [0.1, 0.15) is 35.0 Å². The Kier molecular flexibility index (Phi) is 3.24. The van der Waals surface area contributed by atoms with Gasteiger partial charge >= 0.3 is 5.97 Å². The van der Waals surface area contributed by atoms with Gasteiger partial charge in [-0.15, -0.1) is 0 Å². The van der Waals surface area contributed by atoms with Crippen molar-refractivity contribution in [2.75, 3.05) is 0 Å². The molecule has 0 fully saturated rings. The number of carboxylic acids is 1. The second-order valence-electron chi connectivity index (χ2n) is 3.60. The predicted molar refractivity (Wildman–Crippen MR) is 57.4 cm³/mol. The number of nitrogens with one attached hydrogen (secondary N) is 1. The van der Waals surface area contributed by atoms with Crippen LogP contribution in [0.15, 0.2) is 33.4 Å². The summed E-state index contributed by atoms with van der Waals surface area (Å²) in [5.41, 5.74) is 0.780. The number of aromatic nitrogens is 1. The van der Waals surface area contributed by atoms with Crippen molar-refractivity contribution in [2.24, 2.45) is 0 Å². The molecule has 0 radical (unpaired) electrons. The third-order valence-corrected chi connectivity index (χ3v) is 2.34. The molecule has 0 aliphatic rings. The minimum absolute atomic E-state index is 0.0601. The molecule has 2 aromatic heterocycles. The Hall–Kier alpha value is -2.08. The normalized spacial score (nSPS) is 12.5. The van der Waals surface area contributed by atoms with Gasteiger partial charge in [0, 0.05) is 12.6 Å². The smallest absolute Gasteiger partial charge is 0.371 e. The maximum absolute atomic E-state index is 10.6. The Morgan fingerprint density at radius 3 is 2.94 bits per heavy atom. The van der Waals surface area contributed by atoms with Crippen molar-refractivity contribution in [1.82, 2.24) is 10.5 Å². The number of rotatable bonds is 5. The zero-order valence-corrected chi connectivity index (χ0v) is 9.21. The molecule has 6 heteroatoms. The third-order valence-electron chi connectivity index (χ3n) is 2.34. The molecule has 0 aliphatic carbocycles. The molecule has 0 saturated carbocycles. The molecule has 2 N–H and O–H groups in total. The van der Waals surface area contributed by atoms with Gasteiger partial charge in [-0.3, -0.25) is 0 Å². The molecular weight excluding hydrogens is 224 g/mol. The van der Waals surface area contributed by atoms with Gasteiger partial charge in [0.1, 0.15) is 12.0 Å². The van der Waals surface area contributed by atoms with E-state index in [0.29, 0.717) is 12.3 Å². The van der Waals surface area contributed by atoms with E-state index in [1.807, 2.05) is 6.92 Å². The zero-order valence-electron chi connectivity index (χ0n) is 9.21. The fraction of sp³-hybridized carbons (Fsp3) is 0.273. The van der Waals surface area contributed by atoms with E-state index < -0.39 is 5.97 Å². The van der Waals surface area contributed by atoms with Crippen LogP contribution in [0.25, 0.3) is 0 Å². The van der Waals surface area contributed by atoms with Crippen molar-refractivity contribution < 1.29 is 18.8 Å². The van der Waals surface area contributed by atoms with Crippen LogP contribution in [0, 0.1) is 0 Å². The highest BCUT2D eigenvalue weighted by atomic mass is 16.5. The highest BCUT2D eigenvalue weighted by Gasteiger charge is 2.13. The summed E-state index contributed by atoms with van der Waals surface area (Å²) in [4.78, 5) is 10.6. The van der Waals surface area contributed by atoms with Crippen molar-refractivity contribution in [3.05, 3.63) is 41.7 Å². The lowest BCUT2D eigenvalue weighted by molar-refractivity contribution is 0.0659. The molecule has 0 spiro atoms. The summed E-state index contributed by atoms with van der Waals surface area (Å²) in [5.74, 6) is -0.555. The first-order chi connectivity index (χ1) is 8.16. The van der Waals surface area contributed by atoms with E-state index >= 15 is 0 Å². The van der Waals surface area contributed by atoms with Crippen LogP contribution in [0.4, 0.5) is 0 Å². The molecule has 6 nitrogen and oxygen atoms in total. The largest absolute Gasteiger partial charge is 0.475 e. The molecule has 1 atom stereocenters. The Morgan fingerprint density at radius 1 is 1.53 bits per heavy atom. The standard InChI is InChI=1S/C11H12N2O4/c1-7(12-6-8-4-5-16-13-8)9-2-3-10(17-9)11(14)15/h2-5,7,12H,6H2,1H3,(H,14,15). The van der Waals surface area contributed by atoms with Gasteiger partial charge in [0.05, 0.1) is 11.7 Å². The minimum Gasteiger partial charge on any atom is -0.475 e. The summed E-state index contributed by atoms with van der Waals surface area (Å²) in [6, 6.07) is 4.74. The summed E-state index contributed by atoms with van der Waals surface area (Å²) in [7, 11) is 0. The van der Waals surface area contributed by atoms with Gasteiger partial charge in [-0.1, -0.05) is 5.16 Å². The van der Waals surface area contributed by atoms with E-state index in [4.69, 9.17) is 14.0 Å². The fourth-order valence-electron chi connectivity index (χ4n) is 1.39. The van der Waals surface area contributed by atoms with Crippen LogP contribution in [0.5, 0.6) is 0 Å². The monoisotopic (exact) mass is 236 g/mol. The average Bonchev–Trinajstić information content (AvgIpc) is 2.96. The van der Waals surface area contributed by atoms with Crippen LogP contribution in [-0.4, -0.2) is 16.2 Å². The molecule has 0 saturated heterocycles. The van der Waals surface area contributed by atoms with Crippen molar-refractivity contribution >= 4 is 5.97 Å². The second kappa shape index (κ2) is 4.84. The molecular formula is C11H12N2O4. The van der Waals surface area contributed by atoms with Gasteiger partial charge in [0.2, 0.25) is 5.76 Å². The summed E-state index contributed by atoms with van der Waals surface area (Å²) >= 11 is 0. The Bertz CT molecular complexity index is 489. The van der Waals surface area contributed by atoms with Gasteiger partial charge in [-0.25, -0.2) is 4.79 Å². The minimum atomic E-state index is -1.07. The number of carboxylic acid groups (broad SMARTS) is 1. The molecule has 0 amide bonds. The second-order valence-corrected chi connectivity index (χ2v) is 3.60. The SMILES string of the molecule is CC(NCc1ccon1)c1ccc(C(=O)O)o1. The van der Waals surface area contributed by atoms with Crippen LogP contribution in [0.2, 0.25) is 0 Å². The summed E-state index contributed by atoms with van der Waals surface area (Å²) < 4.78 is 9.87. The third kappa shape index (κ3) is 2.73. The first-order valence-electron chi connectivity index (χ1n) is 5.12. The summed E-state index contributed by atoms with van der Waals surface area (Å²) in [6.07, 6.45) is 1.50. The van der Waals surface area contributed by atoms with Crippen molar-refractivity contribution in [1.29, 1.82) is 0 Å². The molecule has 0 aromatic carbocycles. The van der Waals surface area contributed by atoms with E-state index in [1.165, 1.54) is 12.3 Å². The Balaban J connectivity index is 1.94. The highest BCUT2D eigenvalue weighted by Crippen LogP contribution is 2.16. The number of furan rings is 1. The van der Waals surface area contributed by atoms with Gasteiger partial charge in [0.25, 0.3) is 0 Å². The highest BCUT2D eigenvalue weighted by molar-refractivity contribution is 5.84. The molecule has 90 valence electrons. The molecule has 2 rings (SSSR count). The summed E-state index contributed by atoms with van der Waals surface area (Å²) in [5, 5.41) is 15.6. The number of hydrogen-bond donors (Lipinski definition) is 2. The van der Waals surface area contributed by atoms with Crippen molar-refractivity contribution in [2.45, 2.75) is 19.5 Å². The molecule has 2 heterocycles. The predicted octanol–water partition coefficient (Wildman–Crippen LogP) is 1.82. The first-order valence-corrected chi connectivity index (χ1v) is 5.12. The number of nitrogens with zero attached hydrogens (tertiary/aromatic N) is 1. The topological polar surface area (TPSA) is 88.5 Å². The Labute approximate surface area is 97.2 Å². The van der Waals surface area contributed by atoms with Gasteiger partial charge in [-0.05, 0) is 19.1 Å². The lowest BCUT2D eigenvalue weighted by Gasteiger charge is -2.09. The van der Waals surface area contributed by atoms with Gasteiger partial charge < -0.3 is 19.4 Å². The lowest BCUT2D eigenvalue weighted by atomic mass is 10.2. The lowest BCUT2D eigenvalue weighted by Crippen LogP contribution is -2.17. The van der Waals surface area contributed by atoms with Crippen molar-refractivity contribution in [3.8, 4) is 0 Å². The fourth-order valence-corrected chi connectivity index (χ4v) is 1.39. The van der Waals surface area contributed by atoms with Crippen LogP contribution in [-0.2, 0) is 6.54 Å². The van der Waals surface area contributed by atoms with Crippen LogP contribution < -0.4 is 5.32 Å². The summed E-state index contributed by atoms with van der Waals surface area (Å²) in [6.45, 7) is 2.41. The van der Waals surface area contributed by atoms with E-state index in [-0.39, 0.29) is 11.8 Å². The average molecular weight is 236 g/mol. The van der Waals surface area contributed by atoms with Gasteiger partial charge in [-0.2, -0.15) is 0 Å². The van der Waals surface area contributed by atoms with E-state index in [2.05, 4.69) is 10.5 Å². The number of hydrogen-bond acceptors (Lipinski definition) is 5. The quantitative estimate of drug-likeness (QED) is 0.823.